The van der Waals surface area contributed by atoms with Crippen LogP contribution in [0.2, 0.25) is 0 Å². The minimum absolute atomic E-state index is 0.0639. The van der Waals surface area contributed by atoms with Crippen molar-refractivity contribution in [2.75, 3.05) is 0 Å². The van der Waals surface area contributed by atoms with E-state index in [0.29, 0.717) is 6.42 Å². The zero-order chi connectivity index (χ0) is 31.5. The third kappa shape index (κ3) is 9.40. The first-order chi connectivity index (χ1) is 20.5. The number of nitrogens with one attached hydrogen (secondary N) is 4. The van der Waals surface area contributed by atoms with Crippen LogP contribution < -0.4 is 27.4 Å². The van der Waals surface area contributed by atoms with Crippen LogP contribution >= 0.6 is 0 Å². The fraction of sp³-hybridized carbons (Fsp3) is 0.387. The van der Waals surface area contributed by atoms with Crippen molar-refractivity contribution >= 4 is 40.5 Å². The Hall–Kier alpha value is -4.71. The Bertz CT molecular complexity index is 1420. The molecule has 0 spiro atoms. The van der Waals surface area contributed by atoms with Crippen LogP contribution in [0.1, 0.15) is 44.2 Å². The van der Waals surface area contributed by atoms with E-state index < -0.39 is 59.7 Å². The van der Waals surface area contributed by atoms with E-state index in [1.807, 2.05) is 54.6 Å². The van der Waals surface area contributed by atoms with Crippen LogP contribution in [-0.2, 0) is 36.8 Å². The molecule has 0 saturated carbocycles. The van der Waals surface area contributed by atoms with Crippen molar-refractivity contribution in [2.45, 2.75) is 70.1 Å². The van der Waals surface area contributed by atoms with Crippen molar-refractivity contribution in [1.29, 1.82) is 0 Å². The Morgan fingerprint density at radius 3 is 2.14 bits per heavy atom. The van der Waals surface area contributed by atoms with Crippen LogP contribution in [0.4, 0.5) is 0 Å². The number of carbonyl (C=O) groups excluding carboxylic acids is 4. The van der Waals surface area contributed by atoms with Gasteiger partial charge in [-0.2, -0.15) is 0 Å². The number of primary amides is 1. The summed E-state index contributed by atoms with van der Waals surface area (Å²) in [6.45, 7) is 3.47. The number of rotatable bonds is 16. The van der Waals surface area contributed by atoms with Crippen molar-refractivity contribution in [3.05, 3.63) is 71.9 Å². The number of fused-ring (bicyclic) bond motifs is 1. The molecule has 3 rings (SSSR count). The number of H-pyrrole nitrogens is 1. The Morgan fingerprint density at radius 1 is 0.860 bits per heavy atom. The predicted molar refractivity (Wildman–Crippen MR) is 161 cm³/mol. The van der Waals surface area contributed by atoms with Gasteiger partial charge in [-0.25, -0.2) is 4.79 Å². The number of carboxylic acid groups (broad SMARTS) is 1. The third-order valence-electron chi connectivity index (χ3n) is 7.46. The predicted octanol–water partition coefficient (Wildman–Crippen LogP) is 1.13. The molecule has 12 heteroatoms. The molecule has 0 saturated heterocycles. The number of carboxylic acids is 1. The summed E-state index contributed by atoms with van der Waals surface area (Å²) < 4.78 is 0. The molecule has 0 bridgehead atoms. The first-order valence-electron chi connectivity index (χ1n) is 14.3. The Morgan fingerprint density at radius 2 is 1.49 bits per heavy atom. The maximum absolute atomic E-state index is 13.7. The number of benzene rings is 2. The summed E-state index contributed by atoms with van der Waals surface area (Å²) in [7, 11) is 0. The molecule has 0 radical (unpaired) electrons. The molecule has 9 N–H and O–H groups in total. The quantitative estimate of drug-likeness (QED) is 0.129. The molecule has 4 amide bonds. The minimum Gasteiger partial charge on any atom is -0.480 e. The number of aromatic amines is 1. The molecule has 1 aromatic heterocycles. The third-order valence-corrected chi connectivity index (χ3v) is 7.46. The van der Waals surface area contributed by atoms with Gasteiger partial charge in [0.15, 0.2) is 0 Å². The topological polar surface area (TPSA) is 209 Å². The summed E-state index contributed by atoms with van der Waals surface area (Å²) in [5.74, 6) is -4.36. The average molecular weight is 593 g/mol. The van der Waals surface area contributed by atoms with E-state index in [0.717, 1.165) is 22.0 Å². The number of nitrogens with two attached hydrogens (primary N) is 2. The van der Waals surface area contributed by atoms with Gasteiger partial charge in [0.1, 0.15) is 18.1 Å². The summed E-state index contributed by atoms with van der Waals surface area (Å²) in [5.41, 5.74) is 13.9. The van der Waals surface area contributed by atoms with Gasteiger partial charge in [-0.3, -0.25) is 19.2 Å². The van der Waals surface area contributed by atoms with Gasteiger partial charge in [-0.15, -0.1) is 0 Å². The number of aliphatic carboxylic acids is 1. The molecule has 5 atom stereocenters. The second-order valence-electron chi connectivity index (χ2n) is 10.7. The summed E-state index contributed by atoms with van der Waals surface area (Å²) in [6.07, 6.45) is 2.12. The number of hydrogen-bond donors (Lipinski definition) is 7. The first-order valence-corrected chi connectivity index (χ1v) is 14.3. The average Bonchev–Trinajstić information content (AvgIpc) is 3.39. The highest BCUT2D eigenvalue weighted by molar-refractivity contribution is 5.95. The maximum Gasteiger partial charge on any atom is 0.326 e. The van der Waals surface area contributed by atoms with Crippen molar-refractivity contribution in [2.24, 2.45) is 17.4 Å². The van der Waals surface area contributed by atoms with Crippen molar-refractivity contribution in [3.8, 4) is 0 Å². The van der Waals surface area contributed by atoms with Gasteiger partial charge in [0.05, 0.1) is 6.04 Å². The van der Waals surface area contributed by atoms with Crippen LogP contribution in [0.5, 0.6) is 0 Å². The molecule has 230 valence electrons. The zero-order valence-electron chi connectivity index (χ0n) is 24.3. The normalized spacial score (nSPS) is 14.6. The molecule has 0 aliphatic carbocycles. The van der Waals surface area contributed by atoms with E-state index in [4.69, 9.17) is 11.5 Å². The van der Waals surface area contributed by atoms with Gasteiger partial charge in [-0.05, 0) is 36.0 Å². The SMILES string of the molecule is CCC(C)C(NC(=O)C(CCC(N)=O)NC(=O)C(Cc1c[nH]c2ccccc12)NC(=O)C(N)Cc1ccccc1)C(=O)O. The van der Waals surface area contributed by atoms with E-state index in [-0.39, 0.29) is 25.7 Å². The lowest BCUT2D eigenvalue weighted by molar-refractivity contribution is -0.144. The highest BCUT2D eigenvalue weighted by Gasteiger charge is 2.32. The fourth-order valence-corrected chi connectivity index (χ4v) is 4.73. The molecular weight excluding hydrogens is 552 g/mol. The summed E-state index contributed by atoms with van der Waals surface area (Å²) >= 11 is 0. The molecule has 43 heavy (non-hydrogen) atoms. The van der Waals surface area contributed by atoms with Gasteiger partial charge in [0.25, 0.3) is 0 Å². The molecule has 1 heterocycles. The van der Waals surface area contributed by atoms with Crippen molar-refractivity contribution < 1.29 is 29.1 Å². The molecule has 3 aromatic rings. The number of amides is 4. The van der Waals surface area contributed by atoms with Gasteiger partial charge in [-0.1, -0.05) is 68.8 Å². The highest BCUT2D eigenvalue weighted by Crippen LogP contribution is 2.19. The monoisotopic (exact) mass is 592 g/mol. The Balaban J connectivity index is 1.85. The van der Waals surface area contributed by atoms with Crippen LogP contribution in [0, 0.1) is 5.92 Å². The van der Waals surface area contributed by atoms with Crippen LogP contribution in [0.25, 0.3) is 10.9 Å². The lowest BCUT2D eigenvalue weighted by Crippen LogP contribution is -2.58. The van der Waals surface area contributed by atoms with E-state index in [2.05, 4.69) is 20.9 Å². The van der Waals surface area contributed by atoms with E-state index in [9.17, 15) is 29.1 Å². The molecule has 5 unspecified atom stereocenters. The van der Waals surface area contributed by atoms with E-state index >= 15 is 0 Å². The minimum atomic E-state index is -1.29. The summed E-state index contributed by atoms with van der Waals surface area (Å²) in [5, 5.41) is 18.3. The van der Waals surface area contributed by atoms with Crippen molar-refractivity contribution in [3.63, 3.8) is 0 Å². The zero-order valence-corrected chi connectivity index (χ0v) is 24.3. The van der Waals surface area contributed by atoms with Crippen LogP contribution in [0.3, 0.4) is 0 Å². The Kier molecular flexibility index (Phi) is 11.8. The number of para-hydroxylation sites is 1. The molecule has 2 aromatic carbocycles. The number of aromatic nitrogens is 1. The summed E-state index contributed by atoms with van der Waals surface area (Å²) in [4.78, 5) is 66.6. The largest absolute Gasteiger partial charge is 0.480 e. The number of carbonyl (C=O) groups is 5. The maximum atomic E-state index is 13.7. The number of hydrogen-bond acceptors (Lipinski definition) is 6. The van der Waals surface area contributed by atoms with Crippen LogP contribution in [0.15, 0.2) is 60.8 Å². The Labute approximate surface area is 250 Å². The highest BCUT2D eigenvalue weighted by atomic mass is 16.4. The molecule has 0 fully saturated rings. The van der Waals surface area contributed by atoms with Gasteiger partial charge >= 0.3 is 5.97 Å². The lowest BCUT2D eigenvalue weighted by atomic mass is 9.98. The van der Waals surface area contributed by atoms with Gasteiger partial charge in [0.2, 0.25) is 23.6 Å². The second kappa shape index (κ2) is 15.5. The van der Waals surface area contributed by atoms with Gasteiger partial charge < -0.3 is 37.5 Å². The van der Waals surface area contributed by atoms with Gasteiger partial charge in [0, 0.05) is 29.9 Å². The fourth-order valence-electron chi connectivity index (χ4n) is 4.73. The van der Waals surface area contributed by atoms with E-state index in [1.54, 1.807) is 20.0 Å². The second-order valence-corrected chi connectivity index (χ2v) is 10.7. The van der Waals surface area contributed by atoms with E-state index in [1.165, 1.54) is 0 Å². The lowest BCUT2D eigenvalue weighted by Gasteiger charge is -2.26. The summed E-state index contributed by atoms with van der Waals surface area (Å²) in [6, 6.07) is 12.1. The molecular formula is C31H40N6O6. The molecule has 0 aliphatic heterocycles. The van der Waals surface area contributed by atoms with Crippen LogP contribution in [-0.4, -0.2) is 63.9 Å². The van der Waals surface area contributed by atoms with Crippen molar-refractivity contribution in [1.82, 2.24) is 20.9 Å². The molecule has 0 aliphatic rings. The smallest absolute Gasteiger partial charge is 0.326 e. The molecule has 12 nitrogen and oxygen atoms in total. The standard InChI is InChI=1S/C31H40N6O6/c1-3-18(2)27(31(42)43)37-29(40)24(13-14-26(33)38)35-30(41)25(16-20-17-34-23-12-8-7-11-21(20)23)36-28(39)22(32)15-19-9-5-4-6-10-19/h4-12,17-18,22,24-25,27,34H,3,13-16,32H2,1-2H3,(H2,33,38)(H,35,41)(H,36,39)(H,37,40)(H,42,43). The first kappa shape index (κ1) is 32.8.